The van der Waals surface area contributed by atoms with E-state index in [-0.39, 0.29) is 0 Å². The highest BCUT2D eigenvalue weighted by Gasteiger charge is 2.36. The predicted octanol–water partition coefficient (Wildman–Crippen LogP) is 5.50. The average Bonchev–Trinajstić information content (AvgIpc) is 2.45. The Labute approximate surface area is 135 Å². The van der Waals surface area contributed by atoms with Crippen LogP contribution in [0, 0.1) is 17.3 Å². The number of hydrogen-bond donors (Lipinski definition) is 1. The van der Waals surface area contributed by atoms with Gasteiger partial charge in [0.15, 0.2) is 0 Å². The van der Waals surface area contributed by atoms with E-state index in [2.05, 4.69) is 45.1 Å². The van der Waals surface area contributed by atoms with Gasteiger partial charge in [0.25, 0.3) is 0 Å². The van der Waals surface area contributed by atoms with Crippen LogP contribution in [0.5, 0.6) is 0 Å². The molecule has 3 atom stereocenters. The third-order valence-electron chi connectivity index (χ3n) is 5.17. The maximum absolute atomic E-state index is 6.06. The summed E-state index contributed by atoms with van der Waals surface area (Å²) >= 11 is 6.06. The smallest absolute Gasteiger partial charge is 0.0406 e. The second kappa shape index (κ2) is 7.15. The molecule has 2 rings (SSSR count). The van der Waals surface area contributed by atoms with E-state index < -0.39 is 0 Å². The third-order valence-corrected chi connectivity index (χ3v) is 5.42. The summed E-state index contributed by atoms with van der Waals surface area (Å²) < 4.78 is 0. The Kier molecular flexibility index (Phi) is 5.73. The highest BCUT2D eigenvalue weighted by Crippen LogP contribution is 2.46. The van der Waals surface area contributed by atoms with Gasteiger partial charge in [0.05, 0.1) is 0 Å². The Hall–Kier alpha value is -0.530. The molecule has 3 unspecified atom stereocenters. The monoisotopic (exact) mass is 307 g/mol. The van der Waals surface area contributed by atoms with Gasteiger partial charge in [-0.05, 0) is 73.2 Å². The number of halogens is 1. The molecule has 1 fully saturated rings. The predicted molar refractivity (Wildman–Crippen MR) is 93.0 cm³/mol. The Morgan fingerprint density at radius 2 is 1.81 bits per heavy atom. The van der Waals surface area contributed by atoms with Gasteiger partial charge in [-0.1, -0.05) is 51.4 Å². The lowest BCUT2D eigenvalue weighted by molar-refractivity contribution is 0.129. The van der Waals surface area contributed by atoms with Crippen LogP contribution < -0.4 is 5.32 Å². The van der Waals surface area contributed by atoms with Crippen LogP contribution in [0.2, 0.25) is 5.02 Å². The van der Waals surface area contributed by atoms with Crippen LogP contribution in [0.4, 0.5) is 0 Å². The molecule has 1 aliphatic carbocycles. The summed E-state index contributed by atoms with van der Waals surface area (Å²) in [7, 11) is 0. The minimum atomic E-state index is 0.411. The van der Waals surface area contributed by atoms with Crippen molar-refractivity contribution in [1.29, 1.82) is 0 Å². The fourth-order valence-electron chi connectivity index (χ4n) is 3.71. The molecule has 0 saturated heterocycles. The topological polar surface area (TPSA) is 12.0 Å². The molecule has 1 aromatic rings. The lowest BCUT2D eigenvalue weighted by atomic mass is 9.64. The quantitative estimate of drug-likeness (QED) is 0.775. The molecule has 21 heavy (non-hydrogen) atoms. The van der Waals surface area contributed by atoms with E-state index in [9.17, 15) is 0 Å². The van der Waals surface area contributed by atoms with E-state index in [0.29, 0.717) is 11.3 Å². The molecular formula is C19H30ClN. The maximum atomic E-state index is 6.06. The van der Waals surface area contributed by atoms with Crippen molar-refractivity contribution in [3.63, 3.8) is 0 Å². The first-order valence-electron chi connectivity index (χ1n) is 8.38. The Morgan fingerprint density at radius 3 is 2.38 bits per heavy atom. The van der Waals surface area contributed by atoms with Gasteiger partial charge >= 0.3 is 0 Å². The lowest BCUT2D eigenvalue weighted by Gasteiger charge is -2.42. The molecule has 0 amide bonds. The van der Waals surface area contributed by atoms with Gasteiger partial charge in [-0.15, -0.1) is 0 Å². The molecule has 0 radical (unpaired) electrons. The molecule has 0 spiro atoms. The van der Waals surface area contributed by atoms with Crippen molar-refractivity contribution in [2.45, 2.75) is 52.9 Å². The molecule has 0 aliphatic heterocycles. The maximum Gasteiger partial charge on any atom is 0.0406 e. The molecule has 1 saturated carbocycles. The number of rotatable bonds is 4. The molecular weight excluding hydrogens is 278 g/mol. The zero-order chi connectivity index (χ0) is 15.5. The van der Waals surface area contributed by atoms with Crippen molar-refractivity contribution < 1.29 is 0 Å². The van der Waals surface area contributed by atoms with Gasteiger partial charge in [-0.25, -0.2) is 0 Å². The van der Waals surface area contributed by atoms with Gasteiger partial charge in [0.1, 0.15) is 0 Å². The minimum Gasteiger partial charge on any atom is -0.317 e. The minimum absolute atomic E-state index is 0.411. The summed E-state index contributed by atoms with van der Waals surface area (Å²) in [6.45, 7) is 11.6. The van der Waals surface area contributed by atoms with Crippen LogP contribution >= 0.6 is 11.6 Å². The molecule has 0 aromatic heterocycles. The van der Waals surface area contributed by atoms with Crippen molar-refractivity contribution >= 4 is 11.6 Å². The standard InChI is InChI=1S/C19H30ClN/c1-5-21-13-15-6-9-16(19(2,3)4)12-18(15)14-7-10-17(20)11-8-14/h7-8,10-11,15-16,18,21H,5-6,9,12-13H2,1-4H3. The largest absolute Gasteiger partial charge is 0.317 e. The molecule has 1 nitrogen and oxygen atoms in total. The molecule has 1 aliphatic rings. The van der Waals surface area contributed by atoms with Crippen molar-refractivity contribution in [3.05, 3.63) is 34.9 Å². The first-order chi connectivity index (χ1) is 9.91. The third kappa shape index (κ3) is 4.47. The summed E-state index contributed by atoms with van der Waals surface area (Å²) in [5.41, 5.74) is 1.88. The fraction of sp³-hybridized carbons (Fsp3) is 0.684. The van der Waals surface area contributed by atoms with Crippen molar-refractivity contribution in [3.8, 4) is 0 Å². The Balaban J connectivity index is 2.18. The van der Waals surface area contributed by atoms with Crippen LogP contribution in [0.15, 0.2) is 24.3 Å². The van der Waals surface area contributed by atoms with Gasteiger partial charge in [0.2, 0.25) is 0 Å². The van der Waals surface area contributed by atoms with Crippen molar-refractivity contribution in [2.75, 3.05) is 13.1 Å². The average molecular weight is 308 g/mol. The number of nitrogens with one attached hydrogen (secondary N) is 1. The molecule has 118 valence electrons. The van der Waals surface area contributed by atoms with E-state index in [0.717, 1.165) is 29.9 Å². The van der Waals surface area contributed by atoms with Crippen LogP contribution in [0.1, 0.15) is 58.4 Å². The Morgan fingerprint density at radius 1 is 1.14 bits per heavy atom. The summed E-state index contributed by atoms with van der Waals surface area (Å²) in [5, 5.41) is 4.39. The summed E-state index contributed by atoms with van der Waals surface area (Å²) in [5.74, 6) is 2.24. The second-order valence-electron chi connectivity index (χ2n) is 7.60. The van der Waals surface area contributed by atoms with E-state index in [1.165, 1.54) is 24.8 Å². The van der Waals surface area contributed by atoms with Crippen LogP contribution in [-0.4, -0.2) is 13.1 Å². The lowest BCUT2D eigenvalue weighted by Crippen LogP contribution is -2.35. The molecule has 2 heteroatoms. The normalized spacial score (nSPS) is 26.8. The van der Waals surface area contributed by atoms with Crippen molar-refractivity contribution in [2.24, 2.45) is 17.3 Å². The van der Waals surface area contributed by atoms with Crippen LogP contribution in [-0.2, 0) is 0 Å². The van der Waals surface area contributed by atoms with Crippen LogP contribution in [0.25, 0.3) is 0 Å². The summed E-state index contributed by atoms with van der Waals surface area (Å²) in [4.78, 5) is 0. The summed E-state index contributed by atoms with van der Waals surface area (Å²) in [6.07, 6.45) is 4.01. The van der Waals surface area contributed by atoms with Gasteiger partial charge in [-0.2, -0.15) is 0 Å². The van der Waals surface area contributed by atoms with Gasteiger partial charge < -0.3 is 5.32 Å². The highest BCUT2D eigenvalue weighted by atomic mass is 35.5. The molecule has 0 bridgehead atoms. The fourth-order valence-corrected chi connectivity index (χ4v) is 3.84. The van der Waals surface area contributed by atoms with E-state index in [1.807, 2.05) is 12.1 Å². The van der Waals surface area contributed by atoms with E-state index >= 15 is 0 Å². The zero-order valence-electron chi connectivity index (χ0n) is 14.0. The number of benzene rings is 1. The van der Waals surface area contributed by atoms with Gasteiger partial charge in [-0.3, -0.25) is 0 Å². The van der Waals surface area contributed by atoms with Crippen LogP contribution in [0.3, 0.4) is 0 Å². The second-order valence-corrected chi connectivity index (χ2v) is 8.04. The Bertz CT molecular complexity index is 432. The highest BCUT2D eigenvalue weighted by molar-refractivity contribution is 6.30. The first-order valence-corrected chi connectivity index (χ1v) is 8.75. The van der Waals surface area contributed by atoms with Gasteiger partial charge in [0, 0.05) is 5.02 Å². The first kappa shape index (κ1) is 16.8. The molecule has 1 N–H and O–H groups in total. The summed E-state index contributed by atoms with van der Waals surface area (Å²) in [6, 6.07) is 8.55. The molecule has 0 heterocycles. The SMILES string of the molecule is CCNCC1CCC(C(C)(C)C)CC1c1ccc(Cl)cc1. The molecule has 1 aromatic carbocycles. The zero-order valence-corrected chi connectivity index (χ0v) is 14.7. The van der Waals surface area contributed by atoms with E-state index in [4.69, 9.17) is 11.6 Å². The number of hydrogen-bond acceptors (Lipinski definition) is 1. The van der Waals surface area contributed by atoms with E-state index in [1.54, 1.807) is 0 Å². The van der Waals surface area contributed by atoms with Crippen molar-refractivity contribution in [1.82, 2.24) is 5.32 Å².